The molecule has 0 aliphatic carbocycles. The largest absolute Gasteiger partial charge is 1.00 e. The van der Waals surface area contributed by atoms with Crippen molar-refractivity contribution in [1.29, 1.82) is 0 Å². The number of methoxy groups -OCH3 is 1. The molecule has 0 bridgehead atoms. The summed E-state index contributed by atoms with van der Waals surface area (Å²) < 4.78 is 7.05. The fraction of sp³-hybridized carbons (Fsp3) is 0.364. The summed E-state index contributed by atoms with van der Waals surface area (Å²) in [6, 6.07) is 17.2. The summed E-state index contributed by atoms with van der Waals surface area (Å²) >= 11 is 0. The van der Waals surface area contributed by atoms with E-state index in [0.29, 0.717) is 6.42 Å². The van der Waals surface area contributed by atoms with Gasteiger partial charge in [-0.05, 0) is 25.0 Å². The number of nitrogens with zero attached hydrogens (tertiary/aromatic N) is 1. The first-order chi connectivity index (χ1) is 12.3. The normalized spacial score (nSPS) is 10.7. The number of esters is 1. The standard InChI is InChI=1S/C22H26NO2.HI/c1-25-22(24)15-5-3-2-4-10-16-23-17-18-11-6-7-12-19(18)20-13-8-9-14-21(20)23;/h6-9,11-14,17H,2-5,10,15-16H2,1H3;1H/q+1;/p-1. The molecule has 0 aliphatic heterocycles. The number of fused-ring (bicyclic) bond motifs is 3. The molecule has 0 spiro atoms. The van der Waals surface area contributed by atoms with Crippen LogP contribution in [0.1, 0.15) is 38.5 Å². The van der Waals surface area contributed by atoms with E-state index in [1.165, 1.54) is 41.6 Å². The molecule has 4 heteroatoms. The third kappa shape index (κ3) is 5.16. The molecule has 3 rings (SSSR count). The number of unbranched alkanes of at least 4 members (excludes halogenated alkanes) is 4. The molecule has 0 saturated heterocycles. The first kappa shape index (κ1) is 20.6. The molecule has 138 valence electrons. The van der Waals surface area contributed by atoms with Crippen LogP contribution in [0, 0.1) is 0 Å². The fourth-order valence-electron chi connectivity index (χ4n) is 3.41. The summed E-state index contributed by atoms with van der Waals surface area (Å²) in [5.41, 5.74) is 1.30. The van der Waals surface area contributed by atoms with Gasteiger partial charge in [0.25, 0.3) is 0 Å². The van der Waals surface area contributed by atoms with E-state index in [1.54, 1.807) is 0 Å². The SMILES string of the molecule is COC(=O)CCCCCCC[n+]1cc2ccccc2c2ccccc21.[I-]. The van der Waals surface area contributed by atoms with E-state index in [9.17, 15) is 4.79 Å². The van der Waals surface area contributed by atoms with Gasteiger partial charge in [0, 0.05) is 29.7 Å². The molecule has 0 unspecified atom stereocenters. The van der Waals surface area contributed by atoms with Crippen LogP contribution < -0.4 is 28.5 Å². The number of hydrogen-bond acceptors (Lipinski definition) is 2. The Labute approximate surface area is 172 Å². The second kappa shape index (κ2) is 10.5. The molecular weight excluding hydrogens is 437 g/mol. The number of halogens is 1. The Balaban J connectivity index is 0.00000243. The lowest BCUT2D eigenvalue weighted by Gasteiger charge is -2.06. The first-order valence-electron chi connectivity index (χ1n) is 9.16. The van der Waals surface area contributed by atoms with Crippen molar-refractivity contribution in [3.63, 3.8) is 0 Å². The van der Waals surface area contributed by atoms with Crippen LogP contribution >= 0.6 is 0 Å². The highest BCUT2D eigenvalue weighted by Gasteiger charge is 2.12. The van der Waals surface area contributed by atoms with Gasteiger partial charge < -0.3 is 28.7 Å². The van der Waals surface area contributed by atoms with Gasteiger partial charge in [-0.3, -0.25) is 4.79 Å². The second-order valence-corrected chi connectivity index (χ2v) is 6.52. The minimum atomic E-state index is -0.0989. The van der Waals surface area contributed by atoms with E-state index in [-0.39, 0.29) is 29.9 Å². The Hall–Kier alpha value is -1.69. The first-order valence-corrected chi connectivity index (χ1v) is 9.16. The van der Waals surface area contributed by atoms with E-state index in [1.807, 2.05) is 0 Å². The van der Waals surface area contributed by atoms with Crippen molar-refractivity contribution in [2.75, 3.05) is 7.11 Å². The van der Waals surface area contributed by atoms with Crippen molar-refractivity contribution in [3.05, 3.63) is 54.7 Å². The Bertz CT molecular complexity index is 863. The van der Waals surface area contributed by atoms with Gasteiger partial charge >= 0.3 is 5.97 Å². The van der Waals surface area contributed by atoms with E-state index in [2.05, 4.69) is 64.0 Å². The van der Waals surface area contributed by atoms with Crippen LogP contribution in [0.15, 0.2) is 54.7 Å². The Morgan fingerprint density at radius 1 is 0.885 bits per heavy atom. The van der Waals surface area contributed by atoms with Gasteiger partial charge in [0.1, 0.15) is 6.54 Å². The number of aromatic nitrogens is 1. The van der Waals surface area contributed by atoms with Gasteiger partial charge in [-0.2, -0.15) is 4.57 Å². The molecule has 0 fully saturated rings. The fourth-order valence-corrected chi connectivity index (χ4v) is 3.41. The van der Waals surface area contributed by atoms with Crippen molar-refractivity contribution in [1.82, 2.24) is 0 Å². The summed E-state index contributed by atoms with van der Waals surface area (Å²) in [7, 11) is 1.45. The molecule has 3 aromatic rings. The van der Waals surface area contributed by atoms with Crippen molar-refractivity contribution in [2.45, 2.75) is 45.1 Å². The number of rotatable bonds is 8. The van der Waals surface area contributed by atoms with Crippen LogP contribution in [0.25, 0.3) is 21.7 Å². The highest BCUT2D eigenvalue weighted by Crippen LogP contribution is 2.22. The Kier molecular flexibility index (Phi) is 8.29. The molecule has 2 aromatic carbocycles. The number of para-hydroxylation sites is 1. The average molecular weight is 463 g/mol. The van der Waals surface area contributed by atoms with Gasteiger partial charge in [0.05, 0.1) is 12.5 Å². The molecular formula is C22H26INO2. The molecule has 26 heavy (non-hydrogen) atoms. The van der Waals surface area contributed by atoms with Crippen LogP contribution in [0.4, 0.5) is 0 Å². The highest BCUT2D eigenvalue weighted by atomic mass is 127. The lowest BCUT2D eigenvalue weighted by Crippen LogP contribution is -3.00. The molecule has 1 aromatic heterocycles. The Morgan fingerprint density at radius 2 is 1.54 bits per heavy atom. The summed E-state index contributed by atoms with van der Waals surface area (Å²) in [6.07, 6.45) is 8.36. The Morgan fingerprint density at radius 3 is 2.35 bits per heavy atom. The maximum atomic E-state index is 11.1. The lowest BCUT2D eigenvalue weighted by atomic mass is 10.1. The second-order valence-electron chi connectivity index (χ2n) is 6.52. The number of pyridine rings is 1. The molecule has 0 saturated carbocycles. The smallest absolute Gasteiger partial charge is 0.305 e. The van der Waals surface area contributed by atoms with Gasteiger partial charge in [0.2, 0.25) is 5.52 Å². The zero-order valence-electron chi connectivity index (χ0n) is 15.3. The number of carbonyl (C=O) groups is 1. The topological polar surface area (TPSA) is 30.2 Å². The highest BCUT2D eigenvalue weighted by molar-refractivity contribution is 6.03. The van der Waals surface area contributed by atoms with Crippen LogP contribution in [-0.2, 0) is 16.1 Å². The predicted molar refractivity (Wildman–Crippen MR) is 101 cm³/mol. The zero-order valence-corrected chi connectivity index (χ0v) is 17.4. The van der Waals surface area contributed by atoms with Crippen LogP contribution in [0.3, 0.4) is 0 Å². The molecule has 0 amide bonds. The third-order valence-electron chi connectivity index (χ3n) is 4.77. The molecule has 0 aliphatic rings. The molecule has 0 N–H and O–H groups in total. The monoisotopic (exact) mass is 463 g/mol. The number of carbonyl (C=O) groups excluding carboxylic acids is 1. The minimum absolute atomic E-state index is 0. The predicted octanol–water partition coefficient (Wildman–Crippen LogP) is 1.80. The number of aryl methyl sites for hydroxylation is 1. The van der Waals surface area contributed by atoms with Crippen LogP contribution in [-0.4, -0.2) is 13.1 Å². The summed E-state index contributed by atoms with van der Waals surface area (Å²) in [5.74, 6) is -0.0989. The molecule has 1 heterocycles. The number of hydrogen-bond donors (Lipinski definition) is 0. The van der Waals surface area contributed by atoms with E-state index >= 15 is 0 Å². The average Bonchev–Trinajstić information content (AvgIpc) is 2.67. The van der Waals surface area contributed by atoms with Crippen LogP contribution in [0.5, 0.6) is 0 Å². The van der Waals surface area contributed by atoms with Crippen molar-refractivity contribution in [3.8, 4) is 0 Å². The third-order valence-corrected chi connectivity index (χ3v) is 4.77. The summed E-state index contributed by atoms with van der Waals surface area (Å²) in [4.78, 5) is 11.1. The van der Waals surface area contributed by atoms with Gasteiger partial charge in [-0.25, -0.2) is 0 Å². The van der Waals surface area contributed by atoms with Crippen molar-refractivity contribution < 1.29 is 38.1 Å². The van der Waals surface area contributed by atoms with Crippen molar-refractivity contribution >= 4 is 27.6 Å². The maximum Gasteiger partial charge on any atom is 0.305 e. The maximum absolute atomic E-state index is 11.1. The van der Waals surface area contributed by atoms with Gasteiger partial charge in [-0.1, -0.05) is 43.2 Å². The molecule has 3 nitrogen and oxygen atoms in total. The molecule has 0 atom stereocenters. The number of benzene rings is 2. The quantitative estimate of drug-likeness (QED) is 0.168. The van der Waals surface area contributed by atoms with Gasteiger partial charge in [0.15, 0.2) is 6.20 Å². The van der Waals surface area contributed by atoms with Gasteiger partial charge in [-0.15, -0.1) is 0 Å². The van der Waals surface area contributed by atoms with Crippen molar-refractivity contribution in [2.24, 2.45) is 0 Å². The summed E-state index contributed by atoms with van der Waals surface area (Å²) in [5, 5.41) is 3.93. The lowest BCUT2D eigenvalue weighted by molar-refractivity contribution is -0.670. The van der Waals surface area contributed by atoms with E-state index < -0.39 is 0 Å². The van der Waals surface area contributed by atoms with E-state index in [0.717, 1.165) is 25.8 Å². The van der Waals surface area contributed by atoms with Crippen LogP contribution in [0.2, 0.25) is 0 Å². The summed E-state index contributed by atoms with van der Waals surface area (Å²) in [6.45, 7) is 1.03. The zero-order chi connectivity index (χ0) is 17.5. The number of ether oxygens (including phenoxy) is 1. The minimum Gasteiger partial charge on any atom is -1.00 e. The van der Waals surface area contributed by atoms with E-state index in [4.69, 9.17) is 0 Å². The molecule has 0 radical (unpaired) electrons.